The van der Waals surface area contributed by atoms with Crippen molar-refractivity contribution in [2.24, 2.45) is 5.92 Å². The molecule has 0 aliphatic carbocycles. The van der Waals surface area contributed by atoms with Crippen molar-refractivity contribution >= 4 is 24.0 Å². The first kappa shape index (κ1) is 28.6. The molecule has 41 heavy (non-hydrogen) atoms. The number of halogens is 1. The van der Waals surface area contributed by atoms with Crippen LogP contribution in [0.5, 0.6) is 0 Å². The SMILES string of the molecule is C=C(/C=c1/nc(-c2ccnc(N3CCC(COC)CC3)n2)cc/c1=C/C)CNC(=O)c1ccc2c(c1)C(F)COC2. The molecule has 2 aliphatic heterocycles. The van der Waals surface area contributed by atoms with Gasteiger partial charge >= 0.3 is 0 Å². The quantitative estimate of drug-likeness (QED) is 0.454. The van der Waals surface area contributed by atoms with Crippen LogP contribution in [0.4, 0.5) is 10.3 Å². The van der Waals surface area contributed by atoms with E-state index in [1.54, 1.807) is 31.5 Å². The number of piperidine rings is 1. The number of pyridine rings is 1. The van der Waals surface area contributed by atoms with E-state index in [1.165, 1.54) is 0 Å². The van der Waals surface area contributed by atoms with Crippen LogP contribution >= 0.6 is 0 Å². The Bertz CT molecular complexity index is 1530. The summed E-state index contributed by atoms with van der Waals surface area (Å²) in [6.07, 6.45) is 6.50. The molecule has 2 aliphatic rings. The fourth-order valence-electron chi connectivity index (χ4n) is 5.23. The Balaban J connectivity index is 1.29. The lowest BCUT2D eigenvalue weighted by molar-refractivity contribution is 0.0512. The van der Waals surface area contributed by atoms with Gasteiger partial charge in [-0.2, -0.15) is 0 Å². The average Bonchev–Trinajstić information content (AvgIpc) is 3.00. The monoisotopic (exact) mass is 557 g/mol. The topological polar surface area (TPSA) is 89.5 Å². The first-order chi connectivity index (χ1) is 19.9. The molecule has 3 aromatic rings. The summed E-state index contributed by atoms with van der Waals surface area (Å²) < 4.78 is 24.8. The van der Waals surface area contributed by atoms with Crippen molar-refractivity contribution in [2.75, 3.05) is 44.9 Å². The Labute approximate surface area is 239 Å². The van der Waals surface area contributed by atoms with Crippen molar-refractivity contribution in [1.82, 2.24) is 20.3 Å². The summed E-state index contributed by atoms with van der Waals surface area (Å²) in [5, 5.41) is 4.56. The molecule has 0 bridgehead atoms. The number of benzene rings is 1. The van der Waals surface area contributed by atoms with Gasteiger partial charge < -0.3 is 19.7 Å². The van der Waals surface area contributed by atoms with Crippen LogP contribution in [0.1, 0.15) is 47.4 Å². The fraction of sp³-hybridized carbons (Fsp3) is 0.375. The second-order valence-corrected chi connectivity index (χ2v) is 10.5. The summed E-state index contributed by atoms with van der Waals surface area (Å²) in [5.74, 6) is 0.994. The van der Waals surface area contributed by atoms with Crippen LogP contribution in [-0.4, -0.2) is 60.8 Å². The second kappa shape index (κ2) is 13.1. The van der Waals surface area contributed by atoms with Gasteiger partial charge in [-0.15, -0.1) is 0 Å². The van der Waals surface area contributed by atoms with Crippen molar-refractivity contribution in [2.45, 2.75) is 32.5 Å². The van der Waals surface area contributed by atoms with Gasteiger partial charge in [0, 0.05) is 45.1 Å². The molecule has 1 N–H and O–H groups in total. The summed E-state index contributed by atoms with van der Waals surface area (Å²) >= 11 is 0. The highest BCUT2D eigenvalue weighted by Crippen LogP contribution is 2.28. The zero-order valence-electron chi connectivity index (χ0n) is 23.6. The number of rotatable bonds is 8. The van der Waals surface area contributed by atoms with E-state index in [2.05, 4.69) is 21.8 Å². The highest BCUT2D eigenvalue weighted by Gasteiger charge is 2.22. The molecule has 0 saturated carbocycles. The van der Waals surface area contributed by atoms with E-state index in [-0.39, 0.29) is 19.1 Å². The molecule has 0 radical (unpaired) electrons. The number of aromatic nitrogens is 3. The lowest BCUT2D eigenvalue weighted by Crippen LogP contribution is -2.36. The molecule has 1 atom stereocenters. The normalized spacial score (nSPS) is 18.3. The average molecular weight is 558 g/mol. The number of alkyl halides is 1. The number of ether oxygens (including phenoxy) is 2. The molecule has 0 spiro atoms. The maximum Gasteiger partial charge on any atom is 0.251 e. The Kier molecular flexibility index (Phi) is 9.16. The number of amides is 1. The third-order valence-corrected chi connectivity index (χ3v) is 7.56. The fourth-order valence-corrected chi connectivity index (χ4v) is 5.23. The van der Waals surface area contributed by atoms with Crippen LogP contribution in [0, 0.1) is 5.92 Å². The molecule has 1 saturated heterocycles. The lowest BCUT2D eigenvalue weighted by atomic mass is 9.98. The van der Waals surface area contributed by atoms with Crippen molar-refractivity contribution in [3.05, 3.63) is 82.0 Å². The molecule has 1 unspecified atom stereocenters. The van der Waals surface area contributed by atoms with Crippen molar-refractivity contribution in [1.29, 1.82) is 0 Å². The van der Waals surface area contributed by atoms with Gasteiger partial charge in [0.05, 0.1) is 30.0 Å². The minimum Gasteiger partial charge on any atom is -0.384 e. The number of anilines is 1. The Morgan fingerprint density at radius 2 is 2.00 bits per heavy atom. The zero-order valence-corrected chi connectivity index (χ0v) is 23.6. The van der Waals surface area contributed by atoms with Gasteiger partial charge in [0.15, 0.2) is 0 Å². The molecule has 9 heteroatoms. The van der Waals surface area contributed by atoms with Crippen LogP contribution in [0.3, 0.4) is 0 Å². The van der Waals surface area contributed by atoms with E-state index in [9.17, 15) is 9.18 Å². The standard InChI is InChI=1S/C32H36FN5O3/c1-4-23-7-8-28(29-9-12-34-32(37-29)38-13-10-22(11-14-38)18-40-3)36-30(23)15-21(2)17-35-31(39)24-5-6-25-19-41-20-27(33)26(25)16-24/h4-9,12,15-16,22,27H,2,10-11,13-14,17-20H2,1,3H3,(H,35,39)/b23-4-,30-15+. The second-order valence-electron chi connectivity index (χ2n) is 10.5. The predicted molar refractivity (Wildman–Crippen MR) is 157 cm³/mol. The molecule has 5 rings (SSSR count). The number of carbonyl (C=O) groups is 1. The minimum absolute atomic E-state index is 0.0105. The summed E-state index contributed by atoms with van der Waals surface area (Å²) in [6.45, 7) is 9.26. The minimum atomic E-state index is -1.23. The van der Waals surface area contributed by atoms with Gasteiger partial charge in [0.25, 0.3) is 5.91 Å². The maximum atomic E-state index is 14.3. The zero-order chi connectivity index (χ0) is 28.8. The number of hydrogen-bond acceptors (Lipinski definition) is 7. The number of nitrogens with one attached hydrogen (secondary N) is 1. The van der Waals surface area contributed by atoms with Gasteiger partial charge in [-0.25, -0.2) is 19.3 Å². The highest BCUT2D eigenvalue weighted by molar-refractivity contribution is 5.94. The summed E-state index contributed by atoms with van der Waals surface area (Å²) in [7, 11) is 1.75. The molecular formula is C32H36FN5O3. The molecule has 2 aromatic heterocycles. The van der Waals surface area contributed by atoms with E-state index in [0.29, 0.717) is 35.2 Å². The molecule has 1 fully saturated rings. The Morgan fingerprint density at radius 3 is 2.78 bits per heavy atom. The molecule has 4 heterocycles. The molecular weight excluding hydrogens is 521 g/mol. The number of nitrogens with zero attached hydrogens (tertiary/aromatic N) is 4. The van der Waals surface area contributed by atoms with Crippen LogP contribution < -0.4 is 20.8 Å². The van der Waals surface area contributed by atoms with E-state index in [1.807, 2.05) is 37.3 Å². The third kappa shape index (κ3) is 6.86. The van der Waals surface area contributed by atoms with Gasteiger partial charge in [-0.1, -0.05) is 24.8 Å². The van der Waals surface area contributed by atoms with Crippen LogP contribution in [0.15, 0.2) is 54.7 Å². The number of hydrogen-bond donors (Lipinski definition) is 1. The summed E-state index contributed by atoms with van der Waals surface area (Å²) in [4.78, 5) is 29.2. The number of carbonyl (C=O) groups excluding carboxylic acids is 1. The van der Waals surface area contributed by atoms with E-state index in [0.717, 1.165) is 60.1 Å². The van der Waals surface area contributed by atoms with Crippen LogP contribution in [-0.2, 0) is 16.1 Å². The smallest absolute Gasteiger partial charge is 0.251 e. The summed E-state index contributed by atoms with van der Waals surface area (Å²) in [6, 6.07) is 10.9. The predicted octanol–water partition coefficient (Wildman–Crippen LogP) is 3.51. The molecule has 1 amide bonds. The van der Waals surface area contributed by atoms with Gasteiger partial charge in [-0.05, 0) is 77.9 Å². The van der Waals surface area contributed by atoms with Crippen LogP contribution in [0.25, 0.3) is 23.5 Å². The van der Waals surface area contributed by atoms with E-state index in [4.69, 9.17) is 19.4 Å². The largest absolute Gasteiger partial charge is 0.384 e. The van der Waals surface area contributed by atoms with Crippen molar-refractivity contribution < 1.29 is 18.7 Å². The van der Waals surface area contributed by atoms with E-state index < -0.39 is 6.17 Å². The molecule has 214 valence electrons. The third-order valence-electron chi connectivity index (χ3n) is 7.56. The van der Waals surface area contributed by atoms with E-state index >= 15 is 0 Å². The van der Waals surface area contributed by atoms with Gasteiger partial charge in [0.2, 0.25) is 5.95 Å². The molecule has 1 aromatic carbocycles. The van der Waals surface area contributed by atoms with Crippen molar-refractivity contribution in [3.8, 4) is 11.4 Å². The van der Waals surface area contributed by atoms with Gasteiger partial charge in [-0.3, -0.25) is 4.79 Å². The first-order valence-electron chi connectivity index (χ1n) is 14.0. The Hall–Kier alpha value is -3.95. The lowest BCUT2D eigenvalue weighted by Gasteiger charge is -2.31. The highest BCUT2D eigenvalue weighted by atomic mass is 19.1. The molecule has 8 nitrogen and oxygen atoms in total. The van der Waals surface area contributed by atoms with Crippen LogP contribution in [0.2, 0.25) is 0 Å². The number of methoxy groups -OCH3 is 1. The summed E-state index contributed by atoms with van der Waals surface area (Å²) in [5.41, 5.74) is 3.86. The number of fused-ring (bicyclic) bond motifs is 1. The maximum absolute atomic E-state index is 14.3. The van der Waals surface area contributed by atoms with Gasteiger partial charge in [0.1, 0.15) is 6.17 Å². The van der Waals surface area contributed by atoms with Crippen molar-refractivity contribution in [3.63, 3.8) is 0 Å². The Morgan fingerprint density at radius 1 is 1.20 bits per heavy atom. The first-order valence-corrected chi connectivity index (χ1v) is 14.0.